The van der Waals surface area contributed by atoms with Crippen molar-refractivity contribution >= 4 is 10.9 Å². The topological polar surface area (TPSA) is 34.2 Å². The molecule has 108 valence electrons. The highest BCUT2D eigenvalue weighted by atomic mass is 15.2. The van der Waals surface area contributed by atoms with Gasteiger partial charge in [-0.25, -0.2) is 0 Å². The summed E-state index contributed by atoms with van der Waals surface area (Å²) in [4.78, 5) is 2.45. The van der Waals surface area contributed by atoms with Crippen LogP contribution in [0.2, 0.25) is 0 Å². The Morgan fingerprint density at radius 1 is 1.25 bits per heavy atom. The highest BCUT2D eigenvalue weighted by molar-refractivity contribution is 5.86. The smallest absolute Gasteiger partial charge is 0.0482 e. The number of fused-ring (bicyclic) bond motifs is 1. The summed E-state index contributed by atoms with van der Waals surface area (Å²) >= 11 is 0. The normalized spacial score (nSPS) is 23.9. The molecule has 0 radical (unpaired) electrons. The van der Waals surface area contributed by atoms with Crippen molar-refractivity contribution in [1.29, 1.82) is 0 Å². The van der Waals surface area contributed by atoms with Crippen LogP contribution in [0.1, 0.15) is 29.3 Å². The van der Waals surface area contributed by atoms with Crippen molar-refractivity contribution in [3.05, 3.63) is 35.0 Å². The first-order valence-corrected chi connectivity index (χ1v) is 7.48. The molecule has 2 heterocycles. The molecule has 2 unspecified atom stereocenters. The Labute approximate surface area is 121 Å². The van der Waals surface area contributed by atoms with Gasteiger partial charge in [-0.1, -0.05) is 6.07 Å². The van der Waals surface area contributed by atoms with Gasteiger partial charge in [0.2, 0.25) is 0 Å². The molecule has 20 heavy (non-hydrogen) atoms. The summed E-state index contributed by atoms with van der Waals surface area (Å²) < 4.78 is 2.29. The lowest BCUT2D eigenvalue weighted by Crippen LogP contribution is -2.20. The van der Waals surface area contributed by atoms with Crippen molar-refractivity contribution in [2.24, 2.45) is 18.7 Å². The van der Waals surface area contributed by atoms with Crippen LogP contribution in [0.15, 0.2) is 18.2 Å². The van der Waals surface area contributed by atoms with E-state index < -0.39 is 0 Å². The van der Waals surface area contributed by atoms with Crippen molar-refractivity contribution in [3.8, 4) is 0 Å². The van der Waals surface area contributed by atoms with E-state index in [1.807, 2.05) is 0 Å². The highest BCUT2D eigenvalue weighted by Gasteiger charge is 2.29. The lowest BCUT2D eigenvalue weighted by Gasteiger charge is -2.19. The second-order valence-corrected chi connectivity index (χ2v) is 6.34. The molecule has 2 atom stereocenters. The molecule has 1 aliphatic heterocycles. The molecule has 0 amide bonds. The predicted molar refractivity (Wildman–Crippen MR) is 84.9 cm³/mol. The molecule has 1 fully saturated rings. The number of benzene rings is 1. The molecule has 1 aromatic carbocycles. The van der Waals surface area contributed by atoms with Gasteiger partial charge in [0.1, 0.15) is 0 Å². The zero-order valence-electron chi connectivity index (χ0n) is 13.0. The Morgan fingerprint density at radius 3 is 2.65 bits per heavy atom. The fraction of sp³-hybridized carbons (Fsp3) is 0.529. The van der Waals surface area contributed by atoms with E-state index in [2.05, 4.69) is 55.6 Å². The van der Waals surface area contributed by atoms with Crippen molar-refractivity contribution < 1.29 is 0 Å². The molecule has 0 saturated carbocycles. The molecule has 2 N–H and O–H groups in total. The Kier molecular flexibility index (Phi) is 3.35. The van der Waals surface area contributed by atoms with Crippen molar-refractivity contribution in [2.75, 3.05) is 20.1 Å². The van der Waals surface area contributed by atoms with E-state index in [9.17, 15) is 0 Å². The molecule has 1 aromatic heterocycles. The van der Waals surface area contributed by atoms with Gasteiger partial charge in [0.15, 0.2) is 0 Å². The summed E-state index contributed by atoms with van der Waals surface area (Å²) in [7, 11) is 4.37. The van der Waals surface area contributed by atoms with E-state index >= 15 is 0 Å². The molecule has 0 spiro atoms. The third-order valence-electron chi connectivity index (χ3n) is 5.18. The molecule has 2 aromatic rings. The SMILES string of the molecule is Cc1c(C)n(C)c2ccc(C3CC(CN)CN3C)cc12. The Balaban J connectivity index is 2.03. The number of rotatable bonds is 2. The number of nitrogens with two attached hydrogens (primary N) is 1. The van der Waals surface area contributed by atoms with Gasteiger partial charge in [-0.2, -0.15) is 0 Å². The van der Waals surface area contributed by atoms with Gasteiger partial charge in [-0.3, -0.25) is 4.90 Å². The average molecular weight is 271 g/mol. The number of nitrogens with zero attached hydrogens (tertiary/aromatic N) is 2. The summed E-state index contributed by atoms with van der Waals surface area (Å²) in [6.45, 7) is 6.34. The quantitative estimate of drug-likeness (QED) is 0.911. The summed E-state index contributed by atoms with van der Waals surface area (Å²) in [5, 5.41) is 1.40. The van der Waals surface area contributed by atoms with Crippen LogP contribution in [0.3, 0.4) is 0 Å². The molecule has 1 aliphatic rings. The van der Waals surface area contributed by atoms with Gasteiger partial charge >= 0.3 is 0 Å². The van der Waals surface area contributed by atoms with Gasteiger partial charge < -0.3 is 10.3 Å². The number of aryl methyl sites for hydroxylation is 2. The minimum Gasteiger partial charge on any atom is -0.348 e. The van der Waals surface area contributed by atoms with Crippen LogP contribution in [0.5, 0.6) is 0 Å². The van der Waals surface area contributed by atoms with Crippen molar-refractivity contribution in [3.63, 3.8) is 0 Å². The standard InChI is InChI=1S/C17H25N3/c1-11-12(2)20(4)16-6-5-14(8-15(11)16)17-7-13(9-18)10-19(17)3/h5-6,8,13,17H,7,9-10,18H2,1-4H3. The summed E-state index contributed by atoms with van der Waals surface area (Å²) in [6, 6.07) is 7.47. The third kappa shape index (κ3) is 1.97. The predicted octanol–water partition coefficient (Wildman–Crippen LogP) is 2.75. The number of hydrogen-bond donors (Lipinski definition) is 1. The second-order valence-electron chi connectivity index (χ2n) is 6.34. The average Bonchev–Trinajstić information content (AvgIpc) is 2.93. The minimum absolute atomic E-state index is 0.521. The highest BCUT2D eigenvalue weighted by Crippen LogP contribution is 2.36. The summed E-state index contributed by atoms with van der Waals surface area (Å²) in [6.07, 6.45) is 1.18. The molecule has 3 nitrogen and oxygen atoms in total. The molecular formula is C17H25N3. The maximum absolute atomic E-state index is 5.84. The maximum atomic E-state index is 5.84. The first-order chi connectivity index (χ1) is 9.52. The molecular weight excluding hydrogens is 246 g/mol. The van der Waals surface area contributed by atoms with Crippen LogP contribution < -0.4 is 5.73 Å². The van der Waals surface area contributed by atoms with Gasteiger partial charge in [0.25, 0.3) is 0 Å². The van der Waals surface area contributed by atoms with Gasteiger partial charge in [-0.05, 0) is 63.0 Å². The maximum Gasteiger partial charge on any atom is 0.0482 e. The minimum atomic E-state index is 0.521. The lowest BCUT2D eigenvalue weighted by molar-refractivity contribution is 0.314. The first-order valence-electron chi connectivity index (χ1n) is 7.48. The summed E-state index contributed by atoms with van der Waals surface area (Å²) in [5.41, 5.74) is 11.4. The Morgan fingerprint density at radius 2 is 2.00 bits per heavy atom. The first kappa shape index (κ1) is 13.7. The molecule has 1 saturated heterocycles. The fourth-order valence-corrected chi connectivity index (χ4v) is 3.65. The van der Waals surface area contributed by atoms with E-state index in [0.29, 0.717) is 12.0 Å². The molecule has 3 heteroatoms. The van der Waals surface area contributed by atoms with Crippen LogP contribution in [0.4, 0.5) is 0 Å². The summed E-state index contributed by atoms with van der Waals surface area (Å²) in [5.74, 6) is 0.638. The Hall–Kier alpha value is -1.32. The van der Waals surface area contributed by atoms with Gasteiger partial charge in [0, 0.05) is 36.2 Å². The van der Waals surface area contributed by atoms with Crippen LogP contribution >= 0.6 is 0 Å². The zero-order chi connectivity index (χ0) is 14.4. The van der Waals surface area contributed by atoms with E-state index in [4.69, 9.17) is 5.73 Å². The van der Waals surface area contributed by atoms with E-state index in [-0.39, 0.29) is 0 Å². The van der Waals surface area contributed by atoms with Gasteiger partial charge in [0.05, 0.1) is 0 Å². The number of likely N-dealkylation sites (tertiary alicyclic amines) is 1. The van der Waals surface area contributed by atoms with Crippen LogP contribution in [0, 0.1) is 19.8 Å². The van der Waals surface area contributed by atoms with Crippen molar-refractivity contribution in [1.82, 2.24) is 9.47 Å². The third-order valence-corrected chi connectivity index (χ3v) is 5.18. The second kappa shape index (κ2) is 4.90. The number of aromatic nitrogens is 1. The van der Waals surface area contributed by atoms with E-state index in [1.54, 1.807) is 0 Å². The molecule has 0 aliphatic carbocycles. The van der Waals surface area contributed by atoms with Crippen LogP contribution in [0.25, 0.3) is 10.9 Å². The van der Waals surface area contributed by atoms with E-state index in [0.717, 1.165) is 13.1 Å². The zero-order valence-corrected chi connectivity index (χ0v) is 13.0. The molecule has 0 bridgehead atoms. The number of hydrogen-bond acceptors (Lipinski definition) is 2. The van der Waals surface area contributed by atoms with Crippen LogP contribution in [-0.4, -0.2) is 29.6 Å². The monoisotopic (exact) mass is 271 g/mol. The Bertz CT molecular complexity index is 641. The molecule has 3 rings (SSSR count). The van der Waals surface area contributed by atoms with Crippen LogP contribution in [-0.2, 0) is 7.05 Å². The lowest BCUT2D eigenvalue weighted by atomic mass is 9.98. The largest absolute Gasteiger partial charge is 0.348 e. The van der Waals surface area contributed by atoms with Gasteiger partial charge in [-0.15, -0.1) is 0 Å². The van der Waals surface area contributed by atoms with E-state index in [1.165, 1.54) is 34.1 Å². The fourth-order valence-electron chi connectivity index (χ4n) is 3.65. The van der Waals surface area contributed by atoms with Crippen molar-refractivity contribution in [2.45, 2.75) is 26.3 Å².